The molecule has 0 radical (unpaired) electrons. The number of rotatable bonds is 11. The molecule has 1 heterocycles. The molecule has 0 saturated heterocycles. The first-order valence-electron chi connectivity index (χ1n) is 14.5. The van der Waals surface area contributed by atoms with Gasteiger partial charge < -0.3 is 19.7 Å². The molecule has 1 atom stereocenters. The maximum absolute atomic E-state index is 14.1. The summed E-state index contributed by atoms with van der Waals surface area (Å²) in [6.45, 7) is 1.88. The van der Waals surface area contributed by atoms with Crippen molar-refractivity contribution in [3.63, 3.8) is 0 Å². The molecule has 228 valence electrons. The fourth-order valence-corrected chi connectivity index (χ4v) is 6.84. The molecule has 2 aliphatic rings. The van der Waals surface area contributed by atoms with E-state index < -0.39 is 34.3 Å². The van der Waals surface area contributed by atoms with Gasteiger partial charge in [-0.3, -0.25) is 13.9 Å². The second kappa shape index (κ2) is 13.5. The number of hydrogen-bond donors (Lipinski definition) is 1. The van der Waals surface area contributed by atoms with E-state index in [-0.39, 0.29) is 41.4 Å². The molecule has 0 aromatic heterocycles. The lowest BCUT2D eigenvalue weighted by molar-refractivity contribution is -0.139. The summed E-state index contributed by atoms with van der Waals surface area (Å²) in [5.41, 5.74) is 1.08. The van der Waals surface area contributed by atoms with Gasteiger partial charge in [0.25, 0.3) is 10.0 Å². The van der Waals surface area contributed by atoms with Crippen LogP contribution >= 0.6 is 0 Å². The van der Waals surface area contributed by atoms with Gasteiger partial charge in [0, 0.05) is 18.7 Å². The summed E-state index contributed by atoms with van der Waals surface area (Å²) in [7, 11) is -4.33. The van der Waals surface area contributed by atoms with Crippen LogP contribution in [0, 0.1) is 5.82 Å². The summed E-state index contributed by atoms with van der Waals surface area (Å²) in [6.07, 6.45) is 4.34. The lowest BCUT2D eigenvalue weighted by Gasteiger charge is -2.32. The third-order valence-electron chi connectivity index (χ3n) is 7.85. The standard InChI is InChI=1S/C32H36FN3O6S/c1-23(32(38)34-26-9-5-6-10-26)35(18-17-24-7-3-2-4-8-24)31(37)22-36(27-13-11-25(33)12-14-27)43(39,40)28-15-16-29-30(21-28)42-20-19-41-29/h2-4,7-8,11-16,21,23,26H,5-6,9-10,17-20,22H2,1H3,(H,34,38). The van der Waals surface area contributed by atoms with Crippen LogP contribution in [0.2, 0.25) is 0 Å². The topological polar surface area (TPSA) is 105 Å². The molecule has 1 aliphatic carbocycles. The molecule has 1 N–H and O–H groups in total. The largest absolute Gasteiger partial charge is 0.486 e. The summed E-state index contributed by atoms with van der Waals surface area (Å²) in [5.74, 6) is -0.691. The molecule has 11 heteroatoms. The van der Waals surface area contributed by atoms with E-state index in [1.165, 1.54) is 35.2 Å². The SMILES string of the molecule is CC(C(=O)NC1CCCC1)N(CCc1ccccc1)C(=O)CN(c1ccc(F)cc1)S(=O)(=O)c1ccc2c(c1)OCCO2. The Morgan fingerprint density at radius 3 is 2.33 bits per heavy atom. The number of benzene rings is 3. The second-order valence-corrected chi connectivity index (χ2v) is 12.6. The van der Waals surface area contributed by atoms with Gasteiger partial charge in [0.1, 0.15) is 31.6 Å². The van der Waals surface area contributed by atoms with Crippen LogP contribution in [0.15, 0.2) is 77.7 Å². The monoisotopic (exact) mass is 609 g/mol. The number of nitrogens with one attached hydrogen (secondary N) is 1. The molecular formula is C32H36FN3O6S. The van der Waals surface area contributed by atoms with Gasteiger partial charge in [0.15, 0.2) is 11.5 Å². The van der Waals surface area contributed by atoms with E-state index in [9.17, 15) is 22.4 Å². The quantitative estimate of drug-likeness (QED) is 0.348. The predicted octanol–water partition coefficient (Wildman–Crippen LogP) is 4.31. The van der Waals surface area contributed by atoms with Gasteiger partial charge in [0.2, 0.25) is 11.8 Å². The number of carbonyl (C=O) groups excluding carboxylic acids is 2. The van der Waals surface area contributed by atoms with Crippen LogP contribution in [0.4, 0.5) is 10.1 Å². The van der Waals surface area contributed by atoms with Crippen molar-refractivity contribution in [2.75, 3.05) is 30.6 Å². The molecule has 0 spiro atoms. The molecule has 1 unspecified atom stereocenters. The number of ether oxygens (including phenoxy) is 2. The number of anilines is 1. The van der Waals surface area contributed by atoms with Crippen LogP contribution < -0.4 is 19.1 Å². The first-order chi connectivity index (χ1) is 20.7. The van der Waals surface area contributed by atoms with Crippen molar-refractivity contribution >= 4 is 27.5 Å². The molecule has 1 fully saturated rings. The van der Waals surface area contributed by atoms with Gasteiger partial charge >= 0.3 is 0 Å². The van der Waals surface area contributed by atoms with Gasteiger partial charge in [-0.15, -0.1) is 0 Å². The average Bonchev–Trinajstić information content (AvgIpc) is 3.53. The molecular weight excluding hydrogens is 573 g/mol. The number of amides is 2. The number of carbonyl (C=O) groups is 2. The molecule has 5 rings (SSSR count). The number of hydrogen-bond acceptors (Lipinski definition) is 6. The Morgan fingerprint density at radius 1 is 0.953 bits per heavy atom. The lowest BCUT2D eigenvalue weighted by Crippen LogP contribution is -2.53. The average molecular weight is 610 g/mol. The van der Waals surface area contributed by atoms with E-state index in [0.717, 1.165) is 47.7 Å². The van der Waals surface area contributed by atoms with E-state index in [4.69, 9.17) is 9.47 Å². The Balaban J connectivity index is 1.45. The fraction of sp³-hybridized carbons (Fsp3) is 0.375. The third-order valence-corrected chi connectivity index (χ3v) is 9.62. The van der Waals surface area contributed by atoms with Gasteiger partial charge in [0.05, 0.1) is 10.6 Å². The second-order valence-electron chi connectivity index (χ2n) is 10.8. The van der Waals surface area contributed by atoms with Crippen molar-refractivity contribution in [2.24, 2.45) is 0 Å². The van der Waals surface area contributed by atoms with Crippen LogP contribution in [0.25, 0.3) is 0 Å². The van der Waals surface area contributed by atoms with E-state index in [1.807, 2.05) is 30.3 Å². The smallest absolute Gasteiger partial charge is 0.264 e. The number of fused-ring (bicyclic) bond motifs is 1. The summed E-state index contributed by atoms with van der Waals surface area (Å²) >= 11 is 0. The predicted molar refractivity (Wildman–Crippen MR) is 160 cm³/mol. The highest BCUT2D eigenvalue weighted by Crippen LogP contribution is 2.34. The van der Waals surface area contributed by atoms with Crippen LogP contribution in [0.5, 0.6) is 11.5 Å². The minimum atomic E-state index is -4.33. The Morgan fingerprint density at radius 2 is 1.63 bits per heavy atom. The maximum atomic E-state index is 14.1. The van der Waals surface area contributed by atoms with E-state index in [0.29, 0.717) is 18.8 Å². The molecule has 1 saturated carbocycles. The van der Waals surface area contributed by atoms with Crippen LogP contribution in [0.1, 0.15) is 38.2 Å². The van der Waals surface area contributed by atoms with Crippen molar-refractivity contribution in [1.82, 2.24) is 10.2 Å². The Kier molecular flexibility index (Phi) is 9.49. The van der Waals surface area contributed by atoms with Crippen LogP contribution in [-0.2, 0) is 26.0 Å². The molecule has 3 aromatic rings. The van der Waals surface area contributed by atoms with Gasteiger partial charge in [-0.2, -0.15) is 0 Å². The maximum Gasteiger partial charge on any atom is 0.264 e. The highest BCUT2D eigenvalue weighted by Gasteiger charge is 2.34. The number of nitrogens with zero attached hydrogens (tertiary/aromatic N) is 2. The molecule has 1 aliphatic heterocycles. The van der Waals surface area contributed by atoms with Gasteiger partial charge in [-0.1, -0.05) is 43.2 Å². The van der Waals surface area contributed by atoms with E-state index in [1.54, 1.807) is 6.92 Å². The summed E-state index contributed by atoms with van der Waals surface area (Å²) in [4.78, 5) is 28.6. The van der Waals surface area contributed by atoms with E-state index in [2.05, 4.69) is 5.32 Å². The lowest BCUT2D eigenvalue weighted by atomic mass is 10.1. The van der Waals surface area contributed by atoms with E-state index >= 15 is 0 Å². The minimum absolute atomic E-state index is 0.0623. The van der Waals surface area contributed by atoms with Gasteiger partial charge in [-0.05, 0) is 68.1 Å². The van der Waals surface area contributed by atoms with Gasteiger partial charge in [-0.25, -0.2) is 12.8 Å². The number of sulfonamides is 1. The Hall–Kier alpha value is -4.12. The summed E-state index contributed by atoms with van der Waals surface area (Å²) < 4.78 is 54.0. The van der Waals surface area contributed by atoms with Crippen LogP contribution in [0.3, 0.4) is 0 Å². The van der Waals surface area contributed by atoms with Crippen molar-refractivity contribution in [3.05, 3.63) is 84.2 Å². The number of halogens is 1. The molecule has 9 nitrogen and oxygen atoms in total. The zero-order valence-electron chi connectivity index (χ0n) is 24.1. The van der Waals surface area contributed by atoms with Crippen molar-refractivity contribution in [2.45, 2.75) is 56.0 Å². The van der Waals surface area contributed by atoms with Crippen molar-refractivity contribution in [1.29, 1.82) is 0 Å². The molecule has 0 bridgehead atoms. The Bertz CT molecular complexity index is 1530. The molecule has 43 heavy (non-hydrogen) atoms. The van der Waals surface area contributed by atoms with Crippen LogP contribution in [-0.4, -0.2) is 63.5 Å². The normalized spacial score (nSPS) is 15.5. The fourth-order valence-electron chi connectivity index (χ4n) is 5.41. The Labute approximate surface area is 251 Å². The summed E-state index contributed by atoms with van der Waals surface area (Å²) in [6, 6.07) is 17.9. The third kappa shape index (κ3) is 7.27. The highest BCUT2D eigenvalue weighted by molar-refractivity contribution is 7.92. The first kappa shape index (κ1) is 30.3. The zero-order chi connectivity index (χ0) is 30.4. The highest BCUT2D eigenvalue weighted by atomic mass is 32.2. The molecule has 3 aromatic carbocycles. The van der Waals surface area contributed by atoms with Crippen molar-refractivity contribution in [3.8, 4) is 11.5 Å². The molecule has 2 amide bonds. The zero-order valence-corrected chi connectivity index (χ0v) is 24.9. The minimum Gasteiger partial charge on any atom is -0.486 e. The van der Waals surface area contributed by atoms with Crippen molar-refractivity contribution < 1.29 is 31.9 Å². The summed E-state index contributed by atoms with van der Waals surface area (Å²) in [5, 5.41) is 3.06. The first-order valence-corrected chi connectivity index (χ1v) is 16.0.